The second-order valence-electron chi connectivity index (χ2n) is 5.93. The predicted octanol–water partition coefficient (Wildman–Crippen LogP) is 4.25. The molecule has 0 fully saturated rings. The maximum Gasteiger partial charge on any atom is 0.330 e. The van der Waals surface area contributed by atoms with Gasteiger partial charge in [-0.1, -0.05) is 88.0 Å². The topological polar surface area (TPSA) is 66.8 Å². The van der Waals surface area contributed by atoms with E-state index in [2.05, 4.69) is 13.0 Å². The van der Waals surface area contributed by atoms with E-state index in [0.29, 0.717) is 0 Å². The summed E-state index contributed by atoms with van der Waals surface area (Å²) in [6.07, 6.45) is 23.9. The number of esters is 1. The Bertz CT molecular complexity index is 422. The van der Waals surface area contributed by atoms with E-state index in [0.717, 1.165) is 6.42 Å². The van der Waals surface area contributed by atoms with Crippen LogP contribution in [0.2, 0.25) is 0 Å². The van der Waals surface area contributed by atoms with Crippen LogP contribution in [0.4, 0.5) is 0 Å². The fourth-order valence-electron chi connectivity index (χ4n) is 2.06. The van der Waals surface area contributed by atoms with E-state index in [1.807, 2.05) is 24.3 Å². The Morgan fingerprint density at radius 2 is 1.52 bits per heavy atom. The second kappa shape index (κ2) is 18.7. The molecule has 0 rings (SSSR count). The van der Waals surface area contributed by atoms with Crippen molar-refractivity contribution >= 4 is 5.97 Å². The van der Waals surface area contributed by atoms with Crippen molar-refractivity contribution in [2.45, 2.75) is 64.4 Å². The third-order valence-electron chi connectivity index (χ3n) is 3.53. The van der Waals surface area contributed by atoms with Crippen molar-refractivity contribution in [3.8, 4) is 0 Å². The number of hydrogen-bond acceptors (Lipinski definition) is 4. The van der Waals surface area contributed by atoms with Gasteiger partial charge in [0.25, 0.3) is 0 Å². The number of carbonyl (C=O) groups is 1. The van der Waals surface area contributed by atoms with Crippen LogP contribution in [0.5, 0.6) is 0 Å². The van der Waals surface area contributed by atoms with E-state index in [-0.39, 0.29) is 6.61 Å². The summed E-state index contributed by atoms with van der Waals surface area (Å²) in [5, 5.41) is 17.6. The molecule has 4 nitrogen and oxygen atoms in total. The smallest absolute Gasteiger partial charge is 0.330 e. The Hall–Kier alpha value is -1.65. The molecule has 0 amide bonds. The van der Waals surface area contributed by atoms with Gasteiger partial charge in [0.15, 0.2) is 0 Å². The van der Waals surface area contributed by atoms with Crippen molar-refractivity contribution in [3.05, 3.63) is 48.6 Å². The van der Waals surface area contributed by atoms with E-state index in [1.165, 1.54) is 51.0 Å². The van der Waals surface area contributed by atoms with Crippen molar-refractivity contribution in [3.63, 3.8) is 0 Å². The van der Waals surface area contributed by atoms with Gasteiger partial charge in [-0.2, -0.15) is 0 Å². The van der Waals surface area contributed by atoms with Crippen LogP contribution in [0.25, 0.3) is 0 Å². The molecule has 0 aromatic carbocycles. The first-order chi connectivity index (χ1) is 12.2. The Morgan fingerprint density at radius 1 is 0.920 bits per heavy atom. The van der Waals surface area contributed by atoms with Crippen LogP contribution in [0, 0.1) is 0 Å². The molecule has 0 bridgehead atoms. The van der Waals surface area contributed by atoms with Crippen molar-refractivity contribution in [2.24, 2.45) is 0 Å². The highest BCUT2D eigenvalue weighted by Crippen LogP contribution is 2.08. The molecule has 1 atom stereocenters. The molecule has 0 aliphatic heterocycles. The minimum absolute atomic E-state index is 0.202. The third kappa shape index (κ3) is 18.5. The maximum atomic E-state index is 11.2. The summed E-state index contributed by atoms with van der Waals surface area (Å²) in [6.45, 7) is 1.62. The van der Waals surface area contributed by atoms with E-state index in [1.54, 1.807) is 12.2 Å². The van der Waals surface area contributed by atoms with Gasteiger partial charge in [-0.25, -0.2) is 4.79 Å². The van der Waals surface area contributed by atoms with Gasteiger partial charge in [-0.3, -0.25) is 0 Å². The van der Waals surface area contributed by atoms with Crippen LogP contribution < -0.4 is 0 Å². The lowest BCUT2D eigenvalue weighted by molar-refractivity contribution is -0.141. The summed E-state index contributed by atoms with van der Waals surface area (Å²) in [5.41, 5.74) is 0. The number of aliphatic hydroxyl groups is 2. The summed E-state index contributed by atoms with van der Waals surface area (Å²) >= 11 is 0. The lowest BCUT2D eigenvalue weighted by Crippen LogP contribution is -2.21. The molecule has 1 unspecified atom stereocenters. The number of allylic oxidation sites excluding steroid dienone is 7. The van der Waals surface area contributed by atoms with Crippen LogP contribution in [-0.2, 0) is 9.53 Å². The number of rotatable bonds is 15. The molecule has 142 valence electrons. The largest absolute Gasteiger partial charge is 0.460 e. The molecule has 4 heteroatoms. The van der Waals surface area contributed by atoms with Crippen molar-refractivity contribution < 1.29 is 19.7 Å². The van der Waals surface area contributed by atoms with Gasteiger partial charge in [0, 0.05) is 6.08 Å². The summed E-state index contributed by atoms with van der Waals surface area (Å²) in [6, 6.07) is 0. The molecular formula is C21H34O4. The van der Waals surface area contributed by atoms with Gasteiger partial charge in [0.1, 0.15) is 12.7 Å². The molecule has 0 aromatic heterocycles. The van der Waals surface area contributed by atoms with Gasteiger partial charge < -0.3 is 14.9 Å². The van der Waals surface area contributed by atoms with E-state index in [4.69, 9.17) is 14.9 Å². The summed E-state index contributed by atoms with van der Waals surface area (Å²) in [4.78, 5) is 11.2. The van der Waals surface area contributed by atoms with Gasteiger partial charge in [0.2, 0.25) is 0 Å². The molecule has 0 saturated heterocycles. The van der Waals surface area contributed by atoms with Gasteiger partial charge >= 0.3 is 5.97 Å². The number of aliphatic hydroxyl groups excluding tert-OH is 2. The first kappa shape index (κ1) is 23.4. The average molecular weight is 350 g/mol. The summed E-state index contributed by atoms with van der Waals surface area (Å²) < 4.78 is 4.71. The Kier molecular flexibility index (Phi) is 17.5. The quantitative estimate of drug-likeness (QED) is 0.201. The third-order valence-corrected chi connectivity index (χ3v) is 3.53. The number of hydrogen-bond donors (Lipinski definition) is 2. The molecule has 0 saturated carbocycles. The van der Waals surface area contributed by atoms with Gasteiger partial charge in [-0.15, -0.1) is 0 Å². The Labute approximate surface area is 152 Å². The zero-order valence-corrected chi connectivity index (χ0v) is 15.5. The van der Waals surface area contributed by atoms with Gasteiger partial charge in [-0.05, 0) is 12.8 Å². The average Bonchev–Trinajstić information content (AvgIpc) is 2.62. The predicted molar refractivity (Wildman–Crippen MR) is 103 cm³/mol. The summed E-state index contributed by atoms with van der Waals surface area (Å²) in [5.74, 6) is -0.546. The zero-order valence-electron chi connectivity index (χ0n) is 15.5. The normalized spacial score (nSPS) is 13.6. The van der Waals surface area contributed by atoms with Crippen LogP contribution in [0.3, 0.4) is 0 Å². The number of carbonyl (C=O) groups excluding carboxylic acids is 1. The highest BCUT2D eigenvalue weighted by Gasteiger charge is 2.03. The molecule has 0 spiro atoms. The van der Waals surface area contributed by atoms with Crippen molar-refractivity contribution in [1.82, 2.24) is 0 Å². The van der Waals surface area contributed by atoms with Crippen molar-refractivity contribution in [2.75, 3.05) is 13.2 Å². The molecule has 0 aromatic rings. The van der Waals surface area contributed by atoms with Crippen LogP contribution in [-0.4, -0.2) is 35.5 Å². The van der Waals surface area contributed by atoms with E-state index in [9.17, 15) is 4.79 Å². The van der Waals surface area contributed by atoms with Gasteiger partial charge in [0.05, 0.1) is 6.61 Å². The van der Waals surface area contributed by atoms with Crippen LogP contribution in [0.15, 0.2) is 48.6 Å². The van der Waals surface area contributed by atoms with E-state index < -0.39 is 18.7 Å². The molecule has 2 N–H and O–H groups in total. The SMILES string of the molecule is CCCCCCCCCC=CC=CC=CC=CC(=O)OCC(O)CO. The second-order valence-corrected chi connectivity index (χ2v) is 5.93. The zero-order chi connectivity index (χ0) is 18.6. The highest BCUT2D eigenvalue weighted by atomic mass is 16.5. The van der Waals surface area contributed by atoms with Crippen LogP contribution in [0.1, 0.15) is 58.3 Å². The fraction of sp³-hybridized carbons (Fsp3) is 0.571. The fourth-order valence-corrected chi connectivity index (χ4v) is 2.06. The molecule has 0 heterocycles. The molecule has 0 aliphatic rings. The first-order valence-electron chi connectivity index (χ1n) is 9.33. The van der Waals surface area contributed by atoms with Crippen LogP contribution >= 0.6 is 0 Å². The Morgan fingerprint density at radius 3 is 2.20 bits per heavy atom. The minimum atomic E-state index is -1.02. The maximum absolute atomic E-state index is 11.2. The number of ether oxygens (including phenoxy) is 1. The monoisotopic (exact) mass is 350 g/mol. The highest BCUT2D eigenvalue weighted by molar-refractivity contribution is 5.82. The Balaban J connectivity index is 3.61. The number of unbranched alkanes of at least 4 members (excludes halogenated alkanes) is 7. The molecular weight excluding hydrogens is 316 g/mol. The first-order valence-corrected chi connectivity index (χ1v) is 9.33. The van der Waals surface area contributed by atoms with Crippen molar-refractivity contribution in [1.29, 1.82) is 0 Å². The minimum Gasteiger partial charge on any atom is -0.460 e. The van der Waals surface area contributed by atoms with E-state index >= 15 is 0 Å². The summed E-state index contributed by atoms with van der Waals surface area (Å²) in [7, 11) is 0. The molecule has 25 heavy (non-hydrogen) atoms. The molecule has 0 aliphatic carbocycles. The lowest BCUT2D eigenvalue weighted by Gasteiger charge is -2.05. The lowest BCUT2D eigenvalue weighted by atomic mass is 10.1. The standard InChI is InChI=1S/C21H34O4/c1-2-3-4-5-6-7-8-9-10-11-12-13-14-15-16-17-21(24)25-19-20(23)18-22/h10-17,20,22-23H,2-9,18-19H2,1H3. The molecule has 0 radical (unpaired) electrons.